The van der Waals surface area contributed by atoms with Gasteiger partial charge in [0.05, 0.1) is 6.04 Å². The number of nitrogens with zero attached hydrogens (tertiary/aromatic N) is 2. The first-order chi connectivity index (χ1) is 13.1. The second-order valence-electron chi connectivity index (χ2n) is 8.02. The first-order valence-electron chi connectivity index (χ1n) is 10.0. The van der Waals surface area contributed by atoms with Crippen molar-refractivity contribution in [1.29, 1.82) is 0 Å². The zero-order valence-corrected chi connectivity index (χ0v) is 17.3. The molecule has 2 aliphatic heterocycles. The third-order valence-corrected chi connectivity index (χ3v) is 5.95. The highest BCUT2D eigenvalue weighted by molar-refractivity contribution is 6.30. The van der Waals surface area contributed by atoms with E-state index in [9.17, 15) is 5.11 Å². The molecule has 6 heteroatoms. The van der Waals surface area contributed by atoms with Gasteiger partial charge in [-0.05, 0) is 38.0 Å². The van der Waals surface area contributed by atoms with Gasteiger partial charge in [0.15, 0.2) is 0 Å². The highest BCUT2D eigenvalue weighted by Crippen LogP contribution is 2.27. The zero-order chi connectivity index (χ0) is 19.2. The summed E-state index contributed by atoms with van der Waals surface area (Å²) in [4.78, 5) is 5.09. The van der Waals surface area contributed by atoms with E-state index in [1.807, 2.05) is 12.1 Å². The minimum Gasteiger partial charge on any atom is -0.396 e. The normalized spacial score (nSPS) is 27.0. The molecule has 0 spiro atoms. The summed E-state index contributed by atoms with van der Waals surface area (Å²) in [7, 11) is 0. The molecule has 2 heterocycles. The highest BCUT2D eigenvalue weighted by atomic mass is 35.5. The molecule has 150 valence electrons. The lowest BCUT2D eigenvalue weighted by atomic mass is 9.94. The lowest BCUT2D eigenvalue weighted by molar-refractivity contribution is 0.0586. The second kappa shape index (κ2) is 10.0. The molecule has 5 nitrogen and oxygen atoms in total. The summed E-state index contributed by atoms with van der Waals surface area (Å²) in [5.74, 6) is 0.519. The number of halogens is 1. The summed E-state index contributed by atoms with van der Waals surface area (Å²) in [6.45, 7) is 10.7. The second-order valence-corrected chi connectivity index (χ2v) is 8.45. The van der Waals surface area contributed by atoms with Crippen LogP contribution >= 0.6 is 11.6 Å². The largest absolute Gasteiger partial charge is 0.396 e. The molecule has 2 saturated heterocycles. The molecule has 2 aliphatic rings. The van der Waals surface area contributed by atoms with Crippen molar-refractivity contribution in [3.63, 3.8) is 0 Å². The van der Waals surface area contributed by atoms with Crippen molar-refractivity contribution in [3.8, 4) is 0 Å². The fraction of sp³-hybridized carbons (Fsp3) is 0.619. The predicted octanol–water partition coefficient (Wildman–Crippen LogP) is 2.44. The summed E-state index contributed by atoms with van der Waals surface area (Å²) in [5.41, 5.74) is 9.40. The number of hydrazine groups is 1. The minimum atomic E-state index is 0.254. The molecule has 0 amide bonds. The van der Waals surface area contributed by atoms with E-state index in [-0.39, 0.29) is 6.61 Å². The highest BCUT2D eigenvalue weighted by Gasteiger charge is 2.32. The van der Waals surface area contributed by atoms with Crippen molar-refractivity contribution in [2.75, 3.05) is 45.9 Å². The third-order valence-electron chi connectivity index (χ3n) is 5.70. The summed E-state index contributed by atoms with van der Waals surface area (Å²) >= 11 is 6.04. The molecule has 0 saturated carbocycles. The molecular weight excluding hydrogens is 360 g/mol. The van der Waals surface area contributed by atoms with Crippen LogP contribution in [0.1, 0.15) is 31.9 Å². The maximum atomic E-state index is 9.51. The van der Waals surface area contributed by atoms with E-state index in [1.165, 1.54) is 11.1 Å². The molecule has 3 unspecified atom stereocenters. The number of rotatable bonds is 7. The Bertz CT molecular complexity index is 617. The van der Waals surface area contributed by atoms with E-state index in [4.69, 9.17) is 11.6 Å². The van der Waals surface area contributed by atoms with E-state index in [0.29, 0.717) is 18.0 Å². The van der Waals surface area contributed by atoms with Crippen molar-refractivity contribution in [2.45, 2.75) is 32.4 Å². The Kier molecular flexibility index (Phi) is 7.70. The number of hydrogen-bond donors (Lipinski definition) is 3. The van der Waals surface area contributed by atoms with E-state index < -0.39 is 0 Å². The van der Waals surface area contributed by atoms with Crippen LogP contribution in [0.4, 0.5) is 0 Å². The monoisotopic (exact) mass is 392 g/mol. The van der Waals surface area contributed by atoms with Gasteiger partial charge in [0.25, 0.3) is 0 Å². The van der Waals surface area contributed by atoms with Crippen LogP contribution in [0.3, 0.4) is 0 Å². The van der Waals surface area contributed by atoms with Crippen LogP contribution in [0.25, 0.3) is 0 Å². The van der Waals surface area contributed by atoms with Gasteiger partial charge in [-0.15, -0.1) is 0 Å². The predicted molar refractivity (Wildman–Crippen MR) is 112 cm³/mol. The van der Waals surface area contributed by atoms with Gasteiger partial charge in [-0.2, -0.15) is 0 Å². The standard InChI is InChI=1S/C21H33ClN4O/c1-16(2)7-9-26-11-10-25(15-20(26)8-12-27)14-18-13-23-24-21(18)17-3-5-19(22)6-4-17/h3-7,18,20-21,23-24,27H,8-15H2,1-2H3. The molecule has 1 aromatic rings. The van der Waals surface area contributed by atoms with Crippen LogP contribution in [0, 0.1) is 5.92 Å². The van der Waals surface area contributed by atoms with Crippen LogP contribution in [0.5, 0.6) is 0 Å². The molecule has 2 fully saturated rings. The van der Waals surface area contributed by atoms with Crippen LogP contribution in [0.2, 0.25) is 5.02 Å². The molecule has 0 radical (unpaired) electrons. The Morgan fingerprint density at radius 2 is 2.04 bits per heavy atom. The lowest BCUT2D eigenvalue weighted by Crippen LogP contribution is -2.54. The van der Waals surface area contributed by atoms with E-state index in [2.05, 4.69) is 52.7 Å². The van der Waals surface area contributed by atoms with Gasteiger partial charge in [-0.25, -0.2) is 5.43 Å². The van der Waals surface area contributed by atoms with Crippen LogP contribution in [-0.2, 0) is 0 Å². The number of allylic oxidation sites excluding steroid dienone is 1. The quantitative estimate of drug-likeness (QED) is 0.622. The maximum Gasteiger partial charge on any atom is 0.0515 e. The number of nitrogens with one attached hydrogen (secondary N) is 2. The zero-order valence-electron chi connectivity index (χ0n) is 16.5. The van der Waals surface area contributed by atoms with E-state index in [1.54, 1.807) is 0 Å². The number of hydrogen-bond acceptors (Lipinski definition) is 5. The SMILES string of the molecule is CC(C)=CCN1CCN(CC2CNNC2c2ccc(Cl)cc2)CC1CCO. The Labute approximate surface area is 168 Å². The Hall–Kier alpha value is -0.950. The Balaban J connectivity index is 1.60. The van der Waals surface area contributed by atoms with Gasteiger partial charge < -0.3 is 10.0 Å². The summed E-state index contributed by atoms with van der Waals surface area (Å²) in [6, 6.07) is 8.90. The van der Waals surface area contributed by atoms with Gasteiger partial charge in [0, 0.05) is 62.9 Å². The molecular formula is C21H33ClN4O. The van der Waals surface area contributed by atoms with Gasteiger partial charge in [-0.1, -0.05) is 35.4 Å². The molecule has 0 aliphatic carbocycles. The number of aliphatic hydroxyl groups is 1. The molecule has 3 atom stereocenters. The average Bonchev–Trinajstić information content (AvgIpc) is 3.10. The fourth-order valence-corrected chi connectivity index (χ4v) is 4.28. The van der Waals surface area contributed by atoms with Gasteiger partial charge >= 0.3 is 0 Å². The van der Waals surface area contributed by atoms with Crippen molar-refractivity contribution < 1.29 is 5.11 Å². The molecule has 3 N–H and O–H groups in total. The number of benzene rings is 1. The maximum absolute atomic E-state index is 9.51. The Morgan fingerprint density at radius 1 is 1.26 bits per heavy atom. The third kappa shape index (κ3) is 5.76. The van der Waals surface area contributed by atoms with Crippen LogP contribution in [0.15, 0.2) is 35.9 Å². The topological polar surface area (TPSA) is 50.8 Å². The number of piperazine rings is 1. The summed E-state index contributed by atoms with van der Waals surface area (Å²) < 4.78 is 0. The minimum absolute atomic E-state index is 0.254. The lowest BCUT2D eigenvalue weighted by Gasteiger charge is -2.42. The van der Waals surface area contributed by atoms with Crippen LogP contribution < -0.4 is 10.9 Å². The van der Waals surface area contributed by atoms with Gasteiger partial charge in [-0.3, -0.25) is 10.3 Å². The molecule has 3 rings (SSSR count). The molecule has 0 bridgehead atoms. The Morgan fingerprint density at radius 3 is 2.74 bits per heavy atom. The average molecular weight is 393 g/mol. The summed E-state index contributed by atoms with van der Waals surface area (Å²) in [5, 5.41) is 10.3. The van der Waals surface area contributed by atoms with Crippen molar-refractivity contribution in [1.82, 2.24) is 20.7 Å². The first kappa shape index (κ1) is 20.8. The van der Waals surface area contributed by atoms with Gasteiger partial charge in [0.1, 0.15) is 0 Å². The van der Waals surface area contributed by atoms with Crippen molar-refractivity contribution in [2.24, 2.45) is 5.92 Å². The van der Waals surface area contributed by atoms with E-state index in [0.717, 1.165) is 50.7 Å². The van der Waals surface area contributed by atoms with E-state index >= 15 is 0 Å². The molecule has 27 heavy (non-hydrogen) atoms. The van der Waals surface area contributed by atoms with Gasteiger partial charge in [0.2, 0.25) is 0 Å². The summed E-state index contributed by atoms with van der Waals surface area (Å²) in [6.07, 6.45) is 3.14. The number of aliphatic hydroxyl groups excluding tert-OH is 1. The van der Waals surface area contributed by atoms with Crippen LogP contribution in [-0.4, -0.2) is 66.8 Å². The fourth-order valence-electron chi connectivity index (χ4n) is 4.15. The smallest absolute Gasteiger partial charge is 0.0515 e. The molecule has 0 aromatic heterocycles. The van der Waals surface area contributed by atoms with Crippen molar-refractivity contribution in [3.05, 3.63) is 46.5 Å². The first-order valence-corrected chi connectivity index (χ1v) is 10.4. The van der Waals surface area contributed by atoms with Crippen molar-refractivity contribution >= 4 is 11.6 Å². The molecule has 1 aromatic carbocycles.